The standard InChI is InChI=1S/C10H18N2O2/c1-14-10(13)8-11-5-6-12-4-2-3-9(12)7-11/h9H,2-8H2,1H3. The van der Waals surface area contributed by atoms with E-state index in [1.165, 1.54) is 26.5 Å². The van der Waals surface area contributed by atoms with Gasteiger partial charge in [0.1, 0.15) is 0 Å². The van der Waals surface area contributed by atoms with Gasteiger partial charge >= 0.3 is 5.97 Å². The van der Waals surface area contributed by atoms with Gasteiger partial charge in [-0.3, -0.25) is 14.6 Å². The van der Waals surface area contributed by atoms with E-state index in [0.29, 0.717) is 12.6 Å². The third-order valence-corrected chi connectivity index (χ3v) is 3.25. The molecule has 0 radical (unpaired) electrons. The number of carbonyl (C=O) groups is 1. The molecule has 2 aliphatic heterocycles. The number of fused-ring (bicyclic) bond motifs is 1. The number of esters is 1. The lowest BCUT2D eigenvalue weighted by Gasteiger charge is -2.36. The first-order chi connectivity index (χ1) is 6.79. The van der Waals surface area contributed by atoms with E-state index >= 15 is 0 Å². The fraction of sp³-hybridized carbons (Fsp3) is 0.900. The van der Waals surface area contributed by atoms with Crippen LogP contribution < -0.4 is 0 Å². The highest BCUT2D eigenvalue weighted by Gasteiger charge is 2.30. The van der Waals surface area contributed by atoms with Crippen LogP contribution in [0, 0.1) is 0 Å². The lowest BCUT2D eigenvalue weighted by Crippen LogP contribution is -2.51. The van der Waals surface area contributed by atoms with E-state index in [1.807, 2.05) is 0 Å². The molecule has 1 unspecified atom stereocenters. The van der Waals surface area contributed by atoms with Crippen LogP contribution >= 0.6 is 0 Å². The average molecular weight is 198 g/mol. The van der Waals surface area contributed by atoms with Crippen LogP contribution in [-0.4, -0.2) is 61.6 Å². The van der Waals surface area contributed by atoms with E-state index in [-0.39, 0.29) is 5.97 Å². The van der Waals surface area contributed by atoms with Crippen molar-refractivity contribution in [3.05, 3.63) is 0 Å². The minimum absolute atomic E-state index is 0.114. The summed E-state index contributed by atoms with van der Waals surface area (Å²) in [5, 5.41) is 0. The molecule has 0 aromatic rings. The Morgan fingerprint density at radius 3 is 3.07 bits per heavy atom. The van der Waals surface area contributed by atoms with Crippen molar-refractivity contribution in [3.63, 3.8) is 0 Å². The third-order valence-electron chi connectivity index (χ3n) is 3.25. The molecule has 14 heavy (non-hydrogen) atoms. The number of rotatable bonds is 2. The SMILES string of the molecule is COC(=O)CN1CCN2CCCC2C1. The third kappa shape index (κ3) is 2.07. The van der Waals surface area contributed by atoms with Crippen molar-refractivity contribution in [2.24, 2.45) is 0 Å². The summed E-state index contributed by atoms with van der Waals surface area (Å²) in [7, 11) is 1.45. The van der Waals surface area contributed by atoms with Crippen molar-refractivity contribution >= 4 is 5.97 Å². The number of ether oxygens (including phenoxy) is 1. The van der Waals surface area contributed by atoms with Crippen molar-refractivity contribution in [2.75, 3.05) is 39.8 Å². The Morgan fingerprint density at radius 1 is 1.43 bits per heavy atom. The van der Waals surface area contributed by atoms with Gasteiger partial charge in [-0.15, -0.1) is 0 Å². The highest BCUT2D eigenvalue weighted by atomic mass is 16.5. The molecular formula is C10H18N2O2. The van der Waals surface area contributed by atoms with Crippen LogP contribution in [0.15, 0.2) is 0 Å². The van der Waals surface area contributed by atoms with Gasteiger partial charge in [0.05, 0.1) is 13.7 Å². The minimum atomic E-state index is -0.114. The molecule has 2 saturated heterocycles. The molecule has 80 valence electrons. The van der Waals surface area contributed by atoms with E-state index in [1.54, 1.807) is 0 Å². The molecule has 0 spiro atoms. The molecule has 1 atom stereocenters. The first-order valence-electron chi connectivity index (χ1n) is 5.33. The zero-order valence-electron chi connectivity index (χ0n) is 8.74. The summed E-state index contributed by atoms with van der Waals surface area (Å²) in [5.74, 6) is -0.114. The van der Waals surface area contributed by atoms with Gasteiger partial charge in [-0.1, -0.05) is 0 Å². The maximum absolute atomic E-state index is 11.1. The first kappa shape index (κ1) is 9.93. The van der Waals surface area contributed by atoms with Gasteiger partial charge in [-0.05, 0) is 19.4 Å². The summed E-state index contributed by atoms with van der Waals surface area (Å²) in [6, 6.07) is 0.688. The summed E-state index contributed by atoms with van der Waals surface area (Å²) >= 11 is 0. The Labute approximate surface area is 84.8 Å². The molecule has 2 aliphatic rings. The minimum Gasteiger partial charge on any atom is -0.468 e. The highest BCUT2D eigenvalue weighted by Crippen LogP contribution is 2.21. The zero-order chi connectivity index (χ0) is 9.97. The van der Waals surface area contributed by atoms with E-state index < -0.39 is 0 Å². The van der Waals surface area contributed by atoms with Crippen LogP contribution in [0.5, 0.6) is 0 Å². The second-order valence-corrected chi connectivity index (χ2v) is 4.14. The van der Waals surface area contributed by atoms with Crippen LogP contribution in [0.1, 0.15) is 12.8 Å². The van der Waals surface area contributed by atoms with Gasteiger partial charge in [-0.25, -0.2) is 0 Å². The Hall–Kier alpha value is -0.610. The number of piperazine rings is 1. The van der Waals surface area contributed by atoms with Crippen LogP contribution in [0.2, 0.25) is 0 Å². The fourth-order valence-corrected chi connectivity index (χ4v) is 2.45. The van der Waals surface area contributed by atoms with Gasteiger partial charge in [0, 0.05) is 25.7 Å². The maximum Gasteiger partial charge on any atom is 0.319 e. The van der Waals surface area contributed by atoms with Gasteiger partial charge < -0.3 is 4.74 Å². The fourth-order valence-electron chi connectivity index (χ4n) is 2.45. The molecule has 0 bridgehead atoms. The Balaban J connectivity index is 1.82. The quantitative estimate of drug-likeness (QED) is 0.582. The molecule has 0 aromatic carbocycles. The summed E-state index contributed by atoms with van der Waals surface area (Å²) in [6.07, 6.45) is 2.61. The van der Waals surface area contributed by atoms with Crippen LogP contribution in [0.25, 0.3) is 0 Å². The number of hydrogen-bond donors (Lipinski definition) is 0. The maximum atomic E-state index is 11.1. The second kappa shape index (κ2) is 4.28. The molecule has 0 N–H and O–H groups in total. The molecular weight excluding hydrogens is 180 g/mol. The Kier molecular flexibility index (Phi) is 3.03. The lowest BCUT2D eigenvalue weighted by molar-refractivity contribution is -0.142. The molecule has 2 heterocycles. The van der Waals surface area contributed by atoms with Gasteiger partial charge in [0.2, 0.25) is 0 Å². The van der Waals surface area contributed by atoms with Gasteiger partial charge in [0.25, 0.3) is 0 Å². The second-order valence-electron chi connectivity index (χ2n) is 4.14. The normalized spacial score (nSPS) is 28.8. The summed E-state index contributed by atoms with van der Waals surface area (Å²) in [6.45, 7) is 4.86. The van der Waals surface area contributed by atoms with Crippen molar-refractivity contribution < 1.29 is 9.53 Å². The van der Waals surface area contributed by atoms with E-state index in [0.717, 1.165) is 19.6 Å². The van der Waals surface area contributed by atoms with E-state index in [2.05, 4.69) is 14.5 Å². The van der Waals surface area contributed by atoms with E-state index in [4.69, 9.17) is 0 Å². The monoisotopic (exact) mass is 198 g/mol. The smallest absolute Gasteiger partial charge is 0.319 e. The average Bonchev–Trinajstić information content (AvgIpc) is 2.64. The van der Waals surface area contributed by atoms with Crippen LogP contribution in [0.3, 0.4) is 0 Å². The topological polar surface area (TPSA) is 32.8 Å². The zero-order valence-corrected chi connectivity index (χ0v) is 8.74. The van der Waals surface area contributed by atoms with Gasteiger partial charge in [-0.2, -0.15) is 0 Å². The summed E-state index contributed by atoms with van der Waals surface area (Å²) < 4.78 is 4.67. The van der Waals surface area contributed by atoms with Crippen molar-refractivity contribution in [1.29, 1.82) is 0 Å². The number of nitrogens with zero attached hydrogens (tertiary/aromatic N) is 2. The molecule has 0 saturated carbocycles. The number of methoxy groups -OCH3 is 1. The molecule has 4 heteroatoms. The molecule has 0 aromatic heterocycles. The summed E-state index contributed by atoms with van der Waals surface area (Å²) in [4.78, 5) is 15.8. The van der Waals surface area contributed by atoms with Crippen molar-refractivity contribution in [3.8, 4) is 0 Å². The molecule has 0 aliphatic carbocycles. The molecule has 0 amide bonds. The first-order valence-corrected chi connectivity index (χ1v) is 5.33. The van der Waals surface area contributed by atoms with Crippen molar-refractivity contribution in [1.82, 2.24) is 9.80 Å². The van der Waals surface area contributed by atoms with E-state index in [9.17, 15) is 4.79 Å². The Bertz CT molecular complexity index is 220. The largest absolute Gasteiger partial charge is 0.468 e. The molecule has 4 nitrogen and oxygen atoms in total. The lowest BCUT2D eigenvalue weighted by atomic mass is 10.1. The van der Waals surface area contributed by atoms with Crippen LogP contribution in [-0.2, 0) is 9.53 Å². The number of carbonyl (C=O) groups excluding carboxylic acids is 1. The summed E-state index contributed by atoms with van der Waals surface area (Å²) in [5.41, 5.74) is 0. The predicted molar refractivity (Wildman–Crippen MR) is 53.1 cm³/mol. The Morgan fingerprint density at radius 2 is 2.29 bits per heavy atom. The molecule has 2 rings (SSSR count). The van der Waals surface area contributed by atoms with Crippen molar-refractivity contribution in [2.45, 2.75) is 18.9 Å². The molecule has 2 fully saturated rings. The highest BCUT2D eigenvalue weighted by molar-refractivity contribution is 5.71. The van der Waals surface area contributed by atoms with Gasteiger partial charge in [0.15, 0.2) is 0 Å². The predicted octanol–water partition coefficient (Wildman–Crippen LogP) is -0.0606. The number of hydrogen-bond acceptors (Lipinski definition) is 4. The van der Waals surface area contributed by atoms with Crippen LogP contribution in [0.4, 0.5) is 0 Å².